The van der Waals surface area contributed by atoms with Crippen molar-refractivity contribution in [2.75, 3.05) is 14.1 Å². The van der Waals surface area contributed by atoms with E-state index in [1.54, 1.807) is 25.4 Å². The van der Waals surface area contributed by atoms with E-state index in [0.29, 0.717) is 6.54 Å². The summed E-state index contributed by atoms with van der Waals surface area (Å²) in [5.41, 5.74) is 1.27. The van der Waals surface area contributed by atoms with Gasteiger partial charge in [0.25, 0.3) is 0 Å². The Labute approximate surface area is 117 Å². The van der Waals surface area contributed by atoms with E-state index < -0.39 is 0 Å². The fraction of sp³-hybridized carbons (Fsp3) is 0.286. The highest BCUT2D eigenvalue weighted by atomic mass is 32.1. The number of amides is 2. The molecule has 1 heterocycles. The molecule has 4 nitrogen and oxygen atoms in total. The molecule has 0 saturated carbocycles. The minimum absolute atomic E-state index is 0.0974. The zero-order chi connectivity index (χ0) is 13.7. The van der Waals surface area contributed by atoms with Crippen LogP contribution in [0.25, 0.3) is 0 Å². The lowest BCUT2D eigenvalue weighted by Gasteiger charge is -2.10. The lowest BCUT2D eigenvalue weighted by Crippen LogP contribution is -2.33. The number of carbonyl (C=O) groups excluding carboxylic acids is 1. The van der Waals surface area contributed by atoms with Crippen LogP contribution in [-0.2, 0) is 13.0 Å². The van der Waals surface area contributed by atoms with Crippen LogP contribution in [0.3, 0.4) is 0 Å². The zero-order valence-electron chi connectivity index (χ0n) is 11.1. The first-order valence-corrected chi connectivity index (χ1v) is 6.89. The molecule has 0 unspecified atom stereocenters. The predicted molar refractivity (Wildman–Crippen MR) is 77.3 cm³/mol. The van der Waals surface area contributed by atoms with Gasteiger partial charge in [-0.05, 0) is 5.56 Å². The van der Waals surface area contributed by atoms with Gasteiger partial charge in [-0.2, -0.15) is 0 Å². The Morgan fingerprint density at radius 1 is 1.32 bits per heavy atom. The molecule has 5 heteroatoms. The summed E-state index contributed by atoms with van der Waals surface area (Å²) in [5.74, 6) is 0. The summed E-state index contributed by atoms with van der Waals surface area (Å²) in [6, 6.07) is 10.2. The molecule has 0 aliphatic rings. The van der Waals surface area contributed by atoms with Crippen LogP contribution in [0.15, 0.2) is 36.5 Å². The molecule has 1 aromatic carbocycles. The fourth-order valence-electron chi connectivity index (χ4n) is 1.62. The van der Waals surface area contributed by atoms with Gasteiger partial charge in [0, 0.05) is 31.6 Å². The normalized spacial score (nSPS) is 10.2. The number of thiazole rings is 1. The molecule has 0 bridgehead atoms. The van der Waals surface area contributed by atoms with Crippen molar-refractivity contribution in [3.05, 3.63) is 52.0 Å². The van der Waals surface area contributed by atoms with Gasteiger partial charge in [0.15, 0.2) is 0 Å². The molecule has 100 valence electrons. The smallest absolute Gasteiger partial charge is 0.317 e. The fourth-order valence-corrected chi connectivity index (χ4v) is 2.51. The topological polar surface area (TPSA) is 45.2 Å². The summed E-state index contributed by atoms with van der Waals surface area (Å²) in [7, 11) is 3.44. The monoisotopic (exact) mass is 275 g/mol. The van der Waals surface area contributed by atoms with Crippen LogP contribution < -0.4 is 5.32 Å². The first kappa shape index (κ1) is 13.5. The van der Waals surface area contributed by atoms with Crippen LogP contribution in [0.1, 0.15) is 15.4 Å². The quantitative estimate of drug-likeness (QED) is 0.932. The third-order valence-electron chi connectivity index (χ3n) is 2.62. The van der Waals surface area contributed by atoms with E-state index in [2.05, 4.69) is 22.4 Å². The van der Waals surface area contributed by atoms with Crippen LogP contribution >= 0.6 is 11.3 Å². The lowest BCUT2D eigenvalue weighted by atomic mass is 10.1. The van der Waals surface area contributed by atoms with Gasteiger partial charge >= 0.3 is 6.03 Å². The molecular weight excluding hydrogens is 258 g/mol. The average molecular weight is 275 g/mol. The number of benzene rings is 1. The molecule has 0 fully saturated rings. The van der Waals surface area contributed by atoms with Gasteiger partial charge in [0.05, 0.1) is 6.54 Å². The van der Waals surface area contributed by atoms with E-state index in [-0.39, 0.29) is 6.03 Å². The summed E-state index contributed by atoms with van der Waals surface area (Å²) >= 11 is 1.64. The number of rotatable bonds is 4. The standard InChI is InChI=1S/C14H17N3OS/c1-17(2)14(18)16-10-13-15-9-12(19-13)8-11-6-4-3-5-7-11/h3-7,9H,8,10H2,1-2H3,(H,16,18). The molecule has 0 saturated heterocycles. The van der Waals surface area contributed by atoms with Crippen molar-refractivity contribution < 1.29 is 4.79 Å². The first-order chi connectivity index (χ1) is 9.15. The maximum atomic E-state index is 11.4. The van der Waals surface area contributed by atoms with Gasteiger partial charge < -0.3 is 10.2 Å². The SMILES string of the molecule is CN(C)C(=O)NCc1ncc(Cc2ccccc2)s1. The molecule has 2 amide bonds. The number of aromatic nitrogens is 1. The largest absolute Gasteiger partial charge is 0.331 e. The van der Waals surface area contributed by atoms with Crippen molar-refractivity contribution in [1.29, 1.82) is 0 Å². The molecule has 0 spiro atoms. The van der Waals surface area contributed by atoms with Gasteiger partial charge in [0.1, 0.15) is 5.01 Å². The van der Waals surface area contributed by atoms with Gasteiger partial charge in [-0.25, -0.2) is 9.78 Å². The van der Waals surface area contributed by atoms with Crippen molar-refractivity contribution in [1.82, 2.24) is 15.2 Å². The second-order valence-corrected chi connectivity index (χ2v) is 5.64. The summed E-state index contributed by atoms with van der Waals surface area (Å²) in [4.78, 5) is 18.5. The van der Waals surface area contributed by atoms with Gasteiger partial charge in [-0.15, -0.1) is 11.3 Å². The van der Waals surface area contributed by atoms with Crippen molar-refractivity contribution in [3.8, 4) is 0 Å². The highest BCUT2D eigenvalue weighted by Crippen LogP contribution is 2.17. The van der Waals surface area contributed by atoms with Crippen molar-refractivity contribution in [2.45, 2.75) is 13.0 Å². The van der Waals surface area contributed by atoms with Crippen LogP contribution in [0.5, 0.6) is 0 Å². The van der Waals surface area contributed by atoms with E-state index in [0.717, 1.165) is 11.4 Å². The predicted octanol–water partition coefficient (Wildman–Crippen LogP) is 2.51. The van der Waals surface area contributed by atoms with E-state index in [1.165, 1.54) is 15.3 Å². The molecular formula is C14H17N3OS. The number of nitrogens with zero attached hydrogens (tertiary/aromatic N) is 2. The molecule has 1 aromatic heterocycles. The van der Waals surface area contributed by atoms with Crippen LogP contribution in [0.4, 0.5) is 4.79 Å². The maximum Gasteiger partial charge on any atom is 0.317 e. The maximum absolute atomic E-state index is 11.4. The second-order valence-electron chi connectivity index (χ2n) is 4.44. The summed E-state index contributed by atoms with van der Waals surface area (Å²) in [6.07, 6.45) is 2.77. The molecule has 0 aliphatic carbocycles. The molecule has 1 N–H and O–H groups in total. The minimum atomic E-state index is -0.0974. The Hall–Kier alpha value is -1.88. The number of urea groups is 1. The Balaban J connectivity index is 1.91. The number of hydrogen-bond acceptors (Lipinski definition) is 3. The van der Waals surface area contributed by atoms with Gasteiger partial charge in [0.2, 0.25) is 0 Å². The average Bonchev–Trinajstić information content (AvgIpc) is 2.84. The highest BCUT2D eigenvalue weighted by Gasteiger charge is 2.06. The molecule has 0 radical (unpaired) electrons. The van der Waals surface area contributed by atoms with E-state index in [1.807, 2.05) is 24.4 Å². The summed E-state index contributed by atoms with van der Waals surface area (Å²) in [5, 5.41) is 3.74. The van der Waals surface area contributed by atoms with Crippen LogP contribution in [0.2, 0.25) is 0 Å². The van der Waals surface area contributed by atoms with Gasteiger partial charge in [-0.1, -0.05) is 30.3 Å². The van der Waals surface area contributed by atoms with E-state index in [9.17, 15) is 4.79 Å². The van der Waals surface area contributed by atoms with Crippen molar-refractivity contribution in [3.63, 3.8) is 0 Å². The van der Waals surface area contributed by atoms with Crippen LogP contribution in [-0.4, -0.2) is 30.0 Å². The molecule has 0 aliphatic heterocycles. The third-order valence-corrected chi connectivity index (χ3v) is 3.62. The minimum Gasteiger partial charge on any atom is -0.331 e. The number of nitrogens with one attached hydrogen (secondary N) is 1. The second kappa shape index (κ2) is 6.33. The van der Waals surface area contributed by atoms with E-state index in [4.69, 9.17) is 0 Å². The Bertz CT molecular complexity index is 537. The zero-order valence-corrected chi connectivity index (χ0v) is 11.9. The van der Waals surface area contributed by atoms with Crippen molar-refractivity contribution >= 4 is 17.4 Å². The number of carbonyl (C=O) groups is 1. The molecule has 0 atom stereocenters. The van der Waals surface area contributed by atoms with Crippen molar-refractivity contribution in [2.24, 2.45) is 0 Å². The molecule has 2 aromatic rings. The van der Waals surface area contributed by atoms with Gasteiger partial charge in [-0.3, -0.25) is 0 Å². The molecule has 2 rings (SSSR count). The Kier molecular flexibility index (Phi) is 4.52. The first-order valence-electron chi connectivity index (χ1n) is 6.08. The Morgan fingerprint density at radius 2 is 2.05 bits per heavy atom. The molecule has 19 heavy (non-hydrogen) atoms. The summed E-state index contributed by atoms with van der Waals surface area (Å²) in [6.45, 7) is 0.483. The summed E-state index contributed by atoms with van der Waals surface area (Å²) < 4.78 is 0. The van der Waals surface area contributed by atoms with E-state index >= 15 is 0 Å². The lowest BCUT2D eigenvalue weighted by molar-refractivity contribution is 0.217. The third kappa shape index (κ3) is 4.06. The number of hydrogen-bond donors (Lipinski definition) is 1. The van der Waals surface area contributed by atoms with Crippen LogP contribution in [0, 0.1) is 0 Å². The highest BCUT2D eigenvalue weighted by molar-refractivity contribution is 7.11. The Morgan fingerprint density at radius 3 is 2.74 bits per heavy atom.